The summed E-state index contributed by atoms with van der Waals surface area (Å²) in [5, 5.41) is 0. The molecule has 1 aliphatic carbocycles. The minimum Gasteiger partial charge on any atom is -0.373 e. The van der Waals surface area contributed by atoms with Gasteiger partial charge in [0, 0.05) is 12.8 Å². The number of benzene rings is 1. The molecule has 0 N–H and O–H groups in total. The summed E-state index contributed by atoms with van der Waals surface area (Å²) in [4.78, 5) is 0. The van der Waals surface area contributed by atoms with Crippen molar-refractivity contribution in [2.75, 3.05) is 6.26 Å². The third-order valence-corrected chi connectivity index (χ3v) is 3.31. The molecule has 0 unspecified atom stereocenters. The van der Waals surface area contributed by atoms with Crippen molar-refractivity contribution in [1.29, 1.82) is 0 Å². The maximum absolute atomic E-state index is 10.9. The smallest absolute Gasteiger partial charge is 0.264 e. The molecule has 0 atom stereocenters. The van der Waals surface area contributed by atoms with Gasteiger partial charge >= 0.3 is 0 Å². The molecule has 4 nitrogen and oxygen atoms in total. The van der Waals surface area contributed by atoms with E-state index < -0.39 is 10.1 Å². The van der Waals surface area contributed by atoms with Gasteiger partial charge in [-0.1, -0.05) is 30.3 Å². The van der Waals surface area contributed by atoms with Crippen LogP contribution in [0.4, 0.5) is 0 Å². The van der Waals surface area contributed by atoms with Gasteiger partial charge in [0.1, 0.15) is 0 Å². The van der Waals surface area contributed by atoms with Crippen molar-refractivity contribution < 1.29 is 17.3 Å². The first-order valence-electron chi connectivity index (χ1n) is 5.57. The molecule has 5 heteroatoms. The molecule has 2 rings (SSSR count). The highest BCUT2D eigenvalue weighted by atomic mass is 32.2. The molecule has 0 aliphatic heterocycles. The summed E-state index contributed by atoms with van der Waals surface area (Å²) in [7, 11) is -3.33. The van der Waals surface area contributed by atoms with Gasteiger partial charge in [-0.15, -0.1) is 0 Å². The second-order valence-electron chi connectivity index (χ2n) is 4.31. The lowest BCUT2D eigenvalue weighted by molar-refractivity contribution is -0.0661. The Morgan fingerprint density at radius 2 is 1.82 bits per heavy atom. The van der Waals surface area contributed by atoms with Crippen molar-refractivity contribution in [1.82, 2.24) is 0 Å². The molecule has 1 aromatic carbocycles. The molecule has 1 aromatic rings. The highest BCUT2D eigenvalue weighted by molar-refractivity contribution is 7.86. The Balaban J connectivity index is 1.68. The first-order valence-corrected chi connectivity index (χ1v) is 7.38. The van der Waals surface area contributed by atoms with Gasteiger partial charge in [0.2, 0.25) is 0 Å². The number of rotatable bonds is 5. The Hall–Kier alpha value is -0.910. The van der Waals surface area contributed by atoms with E-state index in [1.807, 2.05) is 30.3 Å². The quantitative estimate of drug-likeness (QED) is 0.753. The van der Waals surface area contributed by atoms with Crippen LogP contribution < -0.4 is 0 Å². The number of ether oxygens (including phenoxy) is 1. The molecule has 0 amide bonds. The topological polar surface area (TPSA) is 52.6 Å². The van der Waals surface area contributed by atoms with Crippen LogP contribution in [-0.2, 0) is 25.6 Å². The van der Waals surface area contributed by atoms with E-state index in [9.17, 15) is 8.42 Å². The van der Waals surface area contributed by atoms with Gasteiger partial charge in [-0.25, -0.2) is 0 Å². The fraction of sp³-hybridized carbons (Fsp3) is 0.500. The second-order valence-corrected chi connectivity index (χ2v) is 5.91. The van der Waals surface area contributed by atoms with Crippen LogP contribution in [0.3, 0.4) is 0 Å². The summed E-state index contributed by atoms with van der Waals surface area (Å²) in [5.41, 5.74) is 1.12. The van der Waals surface area contributed by atoms with Gasteiger partial charge in [0.05, 0.1) is 25.1 Å². The molecule has 0 radical (unpaired) electrons. The maximum Gasteiger partial charge on any atom is 0.264 e. The molecule has 1 fully saturated rings. The van der Waals surface area contributed by atoms with Crippen LogP contribution in [0.1, 0.15) is 18.4 Å². The Morgan fingerprint density at radius 3 is 2.41 bits per heavy atom. The average Bonchev–Trinajstić information content (AvgIpc) is 2.21. The van der Waals surface area contributed by atoms with Crippen molar-refractivity contribution in [3.63, 3.8) is 0 Å². The number of hydrogen-bond acceptors (Lipinski definition) is 4. The predicted octanol–water partition coefficient (Wildman–Crippen LogP) is 1.71. The van der Waals surface area contributed by atoms with Crippen LogP contribution in [0.5, 0.6) is 0 Å². The Labute approximate surface area is 102 Å². The maximum atomic E-state index is 10.9. The monoisotopic (exact) mass is 256 g/mol. The summed E-state index contributed by atoms with van der Waals surface area (Å²) in [6.07, 6.45) is 2.29. The Bertz CT molecular complexity index is 449. The van der Waals surface area contributed by atoms with Crippen LogP contribution in [0.15, 0.2) is 30.3 Å². The fourth-order valence-electron chi connectivity index (χ4n) is 1.77. The van der Waals surface area contributed by atoms with E-state index in [1.165, 1.54) is 0 Å². The van der Waals surface area contributed by atoms with Crippen LogP contribution in [0.25, 0.3) is 0 Å². The minimum atomic E-state index is -3.33. The highest BCUT2D eigenvalue weighted by Gasteiger charge is 2.33. The van der Waals surface area contributed by atoms with Gasteiger partial charge in [-0.2, -0.15) is 8.42 Å². The van der Waals surface area contributed by atoms with Gasteiger partial charge < -0.3 is 4.74 Å². The van der Waals surface area contributed by atoms with Crippen molar-refractivity contribution >= 4 is 10.1 Å². The molecule has 1 aliphatic rings. The first kappa shape index (κ1) is 12.5. The van der Waals surface area contributed by atoms with E-state index in [4.69, 9.17) is 8.92 Å². The molecule has 0 aromatic heterocycles. The third-order valence-electron chi connectivity index (χ3n) is 2.69. The van der Waals surface area contributed by atoms with Crippen molar-refractivity contribution in [3.05, 3.63) is 35.9 Å². The Morgan fingerprint density at radius 1 is 1.18 bits per heavy atom. The summed E-state index contributed by atoms with van der Waals surface area (Å²) in [6, 6.07) is 9.90. The average molecular weight is 256 g/mol. The van der Waals surface area contributed by atoms with Crippen LogP contribution in [-0.4, -0.2) is 26.9 Å². The van der Waals surface area contributed by atoms with E-state index in [2.05, 4.69) is 0 Å². The van der Waals surface area contributed by atoms with Crippen molar-refractivity contribution in [3.8, 4) is 0 Å². The van der Waals surface area contributed by atoms with Crippen LogP contribution >= 0.6 is 0 Å². The van der Waals surface area contributed by atoms with E-state index in [0.29, 0.717) is 19.4 Å². The van der Waals surface area contributed by atoms with E-state index in [0.717, 1.165) is 11.8 Å². The summed E-state index contributed by atoms with van der Waals surface area (Å²) < 4.78 is 32.2. The molecular weight excluding hydrogens is 240 g/mol. The van der Waals surface area contributed by atoms with Crippen molar-refractivity contribution in [2.45, 2.75) is 31.7 Å². The molecule has 0 saturated heterocycles. The lowest BCUT2D eigenvalue weighted by atomic mass is 9.92. The van der Waals surface area contributed by atoms with Crippen LogP contribution in [0.2, 0.25) is 0 Å². The molecular formula is C12H16O4S. The minimum absolute atomic E-state index is 0.113. The molecule has 0 heterocycles. The standard InChI is InChI=1S/C12H16O4S/c1-17(13,14)16-12-7-11(8-12)15-9-10-5-3-2-4-6-10/h2-6,11-12H,7-9H2,1H3/t11-,12-. The highest BCUT2D eigenvalue weighted by Crippen LogP contribution is 2.28. The zero-order chi connectivity index (χ0) is 12.3. The van der Waals surface area contributed by atoms with Gasteiger partial charge in [0.15, 0.2) is 0 Å². The summed E-state index contributed by atoms with van der Waals surface area (Å²) in [5.74, 6) is 0. The van der Waals surface area contributed by atoms with E-state index in [-0.39, 0.29) is 12.2 Å². The van der Waals surface area contributed by atoms with E-state index in [1.54, 1.807) is 0 Å². The summed E-state index contributed by atoms with van der Waals surface area (Å²) >= 11 is 0. The molecule has 94 valence electrons. The largest absolute Gasteiger partial charge is 0.373 e. The lowest BCUT2D eigenvalue weighted by Gasteiger charge is -2.33. The molecule has 0 spiro atoms. The lowest BCUT2D eigenvalue weighted by Crippen LogP contribution is -2.38. The fourth-order valence-corrected chi connectivity index (χ4v) is 2.42. The zero-order valence-corrected chi connectivity index (χ0v) is 10.5. The SMILES string of the molecule is CS(=O)(=O)O[C@H]1C[C@H](OCc2ccccc2)C1. The first-order chi connectivity index (χ1) is 8.03. The summed E-state index contributed by atoms with van der Waals surface area (Å²) in [6.45, 7) is 0.567. The van der Waals surface area contributed by atoms with Crippen molar-refractivity contribution in [2.24, 2.45) is 0 Å². The van der Waals surface area contributed by atoms with Crippen LogP contribution in [0, 0.1) is 0 Å². The third kappa shape index (κ3) is 4.11. The van der Waals surface area contributed by atoms with Gasteiger partial charge in [0.25, 0.3) is 10.1 Å². The number of hydrogen-bond donors (Lipinski definition) is 0. The molecule has 1 saturated carbocycles. The molecule has 17 heavy (non-hydrogen) atoms. The Kier molecular flexibility index (Phi) is 3.81. The normalized spacial score (nSPS) is 24.3. The van der Waals surface area contributed by atoms with E-state index >= 15 is 0 Å². The zero-order valence-electron chi connectivity index (χ0n) is 9.70. The second kappa shape index (κ2) is 5.16. The molecule has 0 bridgehead atoms. The van der Waals surface area contributed by atoms with Gasteiger partial charge in [-0.3, -0.25) is 4.18 Å². The van der Waals surface area contributed by atoms with Gasteiger partial charge in [-0.05, 0) is 5.56 Å². The predicted molar refractivity (Wildman–Crippen MR) is 64.0 cm³/mol.